The van der Waals surface area contributed by atoms with Crippen LogP contribution in [-0.4, -0.2) is 55.2 Å². The first kappa shape index (κ1) is 29.0. The Morgan fingerprint density at radius 2 is 1.85 bits per heavy atom. The van der Waals surface area contributed by atoms with Crippen molar-refractivity contribution in [2.75, 3.05) is 24.5 Å². The van der Waals surface area contributed by atoms with E-state index < -0.39 is 5.97 Å². The Labute approximate surface area is 249 Å². The number of thiocarbonyl (C=S) groups is 1. The molecule has 1 amide bonds. The van der Waals surface area contributed by atoms with Gasteiger partial charge < -0.3 is 10.0 Å². The maximum atomic E-state index is 13.8. The number of fused-ring (bicyclic) bond motifs is 1. The summed E-state index contributed by atoms with van der Waals surface area (Å²) in [4.78, 5) is 47.1. The summed E-state index contributed by atoms with van der Waals surface area (Å²) in [6.07, 6.45) is 8.44. The number of hydrogen-bond acceptors (Lipinski definition) is 7. The molecule has 0 radical (unpaired) electrons. The van der Waals surface area contributed by atoms with Gasteiger partial charge >= 0.3 is 5.97 Å². The molecule has 0 aliphatic carbocycles. The smallest absolute Gasteiger partial charge is 0.303 e. The molecule has 4 heterocycles. The molecule has 2 aliphatic rings. The third kappa shape index (κ3) is 6.70. The van der Waals surface area contributed by atoms with Crippen LogP contribution in [0.25, 0.3) is 11.7 Å². The number of carboxylic acid groups (broad SMARTS) is 1. The van der Waals surface area contributed by atoms with Gasteiger partial charge in [-0.2, -0.15) is 0 Å². The van der Waals surface area contributed by atoms with Crippen LogP contribution >= 0.6 is 24.0 Å². The van der Waals surface area contributed by atoms with E-state index in [1.807, 2.05) is 25.1 Å². The topological polar surface area (TPSA) is 95.2 Å². The number of nitrogens with zero attached hydrogens (tertiary/aromatic N) is 4. The molecule has 0 bridgehead atoms. The number of aromatic nitrogens is 2. The molecular formula is C31H34N4O4S2. The van der Waals surface area contributed by atoms with Crippen LogP contribution in [0.2, 0.25) is 0 Å². The molecule has 8 nitrogen and oxygen atoms in total. The van der Waals surface area contributed by atoms with Crippen LogP contribution in [0.1, 0.15) is 55.2 Å². The van der Waals surface area contributed by atoms with Crippen LogP contribution in [0.5, 0.6) is 0 Å². The number of amides is 1. The lowest BCUT2D eigenvalue weighted by Gasteiger charge is -2.33. The van der Waals surface area contributed by atoms with Gasteiger partial charge in [0.2, 0.25) is 0 Å². The molecule has 214 valence electrons. The minimum atomic E-state index is -0.819. The molecule has 10 heteroatoms. The van der Waals surface area contributed by atoms with E-state index in [9.17, 15) is 14.4 Å². The second kappa shape index (κ2) is 13.0. The van der Waals surface area contributed by atoms with Crippen molar-refractivity contribution >= 4 is 57.7 Å². The number of carbonyl (C=O) groups excluding carboxylic acids is 1. The van der Waals surface area contributed by atoms with Gasteiger partial charge in [-0.25, -0.2) is 4.98 Å². The van der Waals surface area contributed by atoms with E-state index in [0.29, 0.717) is 58.0 Å². The van der Waals surface area contributed by atoms with Crippen LogP contribution in [0.4, 0.5) is 5.82 Å². The van der Waals surface area contributed by atoms with Gasteiger partial charge in [-0.1, -0.05) is 66.8 Å². The van der Waals surface area contributed by atoms with Crippen molar-refractivity contribution in [3.05, 3.63) is 80.6 Å². The molecule has 0 spiro atoms. The molecule has 1 aromatic carbocycles. The predicted molar refractivity (Wildman–Crippen MR) is 167 cm³/mol. The number of carbonyl (C=O) groups is 2. The van der Waals surface area contributed by atoms with E-state index in [1.54, 1.807) is 21.6 Å². The van der Waals surface area contributed by atoms with Crippen molar-refractivity contribution in [1.29, 1.82) is 0 Å². The fraction of sp³-hybridized carbons (Fsp3) is 0.387. The standard InChI is InChI=1S/C31H34N4O4S2/c1-21-9-8-16-34-27(21)32-28(33-17-13-23(14-18-33)19-22-10-4-2-5-11-22)24(29(34)38)20-25-30(39)35(31(40)41-25)15-7-3-6-12-26(36)37/h2,4-5,8-11,16,20,23H,3,6-7,12-15,17-19H2,1H3,(H,36,37)/b25-20+. The Bertz CT molecular complexity index is 1540. The molecule has 3 aromatic rings. The zero-order chi connectivity index (χ0) is 28.9. The summed E-state index contributed by atoms with van der Waals surface area (Å²) >= 11 is 6.71. The molecule has 2 saturated heterocycles. The highest BCUT2D eigenvalue weighted by Gasteiger charge is 2.33. The number of piperidine rings is 1. The van der Waals surface area contributed by atoms with E-state index in [-0.39, 0.29) is 17.9 Å². The maximum Gasteiger partial charge on any atom is 0.303 e. The third-order valence-corrected chi connectivity index (χ3v) is 9.14. The molecule has 0 saturated carbocycles. The van der Waals surface area contributed by atoms with Gasteiger partial charge in [0.15, 0.2) is 0 Å². The lowest BCUT2D eigenvalue weighted by molar-refractivity contribution is -0.137. The number of carboxylic acids is 1. The summed E-state index contributed by atoms with van der Waals surface area (Å²) in [7, 11) is 0. The lowest BCUT2D eigenvalue weighted by Crippen LogP contribution is -2.37. The Hall–Kier alpha value is -3.50. The summed E-state index contributed by atoms with van der Waals surface area (Å²) in [6.45, 7) is 3.94. The average molecular weight is 591 g/mol. The Balaban J connectivity index is 1.39. The predicted octanol–water partition coefficient (Wildman–Crippen LogP) is 5.31. The molecule has 2 aromatic heterocycles. The number of benzene rings is 1. The van der Waals surface area contributed by atoms with Crippen molar-refractivity contribution in [2.24, 2.45) is 5.92 Å². The molecule has 5 rings (SSSR count). The summed E-state index contributed by atoms with van der Waals surface area (Å²) < 4.78 is 2.00. The number of thioether (sulfide) groups is 1. The van der Waals surface area contributed by atoms with Gasteiger partial charge in [0.1, 0.15) is 15.8 Å². The van der Waals surface area contributed by atoms with Crippen LogP contribution in [0.3, 0.4) is 0 Å². The maximum absolute atomic E-state index is 13.8. The molecule has 0 unspecified atom stereocenters. The number of hydrogen-bond donors (Lipinski definition) is 1. The average Bonchev–Trinajstić information content (AvgIpc) is 3.23. The molecule has 2 fully saturated rings. The summed E-state index contributed by atoms with van der Waals surface area (Å²) in [5, 5.41) is 8.84. The van der Waals surface area contributed by atoms with Gasteiger partial charge in [-0.05, 0) is 68.2 Å². The van der Waals surface area contributed by atoms with Gasteiger partial charge in [-0.3, -0.25) is 23.7 Å². The number of anilines is 1. The quantitative estimate of drug-likeness (QED) is 0.193. The highest BCUT2D eigenvalue weighted by molar-refractivity contribution is 8.26. The van der Waals surface area contributed by atoms with Crippen LogP contribution in [-0.2, 0) is 16.0 Å². The van der Waals surface area contributed by atoms with Crippen molar-refractivity contribution in [3.8, 4) is 0 Å². The highest BCUT2D eigenvalue weighted by atomic mass is 32.2. The van der Waals surface area contributed by atoms with E-state index in [0.717, 1.165) is 37.9 Å². The minimum Gasteiger partial charge on any atom is -0.481 e. The zero-order valence-corrected chi connectivity index (χ0v) is 24.8. The zero-order valence-electron chi connectivity index (χ0n) is 23.1. The number of pyridine rings is 1. The van der Waals surface area contributed by atoms with E-state index in [1.165, 1.54) is 17.3 Å². The Kier molecular flexibility index (Phi) is 9.19. The molecule has 0 atom stereocenters. The summed E-state index contributed by atoms with van der Waals surface area (Å²) in [6, 6.07) is 14.3. The monoisotopic (exact) mass is 590 g/mol. The summed E-state index contributed by atoms with van der Waals surface area (Å²) in [5.41, 5.74) is 3.06. The first-order valence-electron chi connectivity index (χ1n) is 14.1. The largest absolute Gasteiger partial charge is 0.481 e. The van der Waals surface area contributed by atoms with Crippen LogP contribution < -0.4 is 10.5 Å². The summed E-state index contributed by atoms with van der Waals surface area (Å²) in [5.74, 6) is 0.133. The second-order valence-electron chi connectivity index (χ2n) is 10.7. The van der Waals surface area contributed by atoms with Gasteiger partial charge in [0, 0.05) is 32.3 Å². The number of unbranched alkanes of at least 4 members (excludes halogenated alkanes) is 2. The highest BCUT2D eigenvalue weighted by Crippen LogP contribution is 2.34. The van der Waals surface area contributed by atoms with Gasteiger partial charge in [0.05, 0.1) is 10.5 Å². The van der Waals surface area contributed by atoms with Crippen LogP contribution in [0.15, 0.2) is 58.4 Å². The van der Waals surface area contributed by atoms with E-state index in [2.05, 4.69) is 29.2 Å². The molecule has 1 N–H and O–H groups in total. The minimum absolute atomic E-state index is 0.114. The fourth-order valence-corrected chi connectivity index (χ4v) is 6.80. The van der Waals surface area contributed by atoms with Gasteiger partial charge in [0.25, 0.3) is 11.5 Å². The molecular weight excluding hydrogens is 556 g/mol. The first-order valence-corrected chi connectivity index (χ1v) is 15.3. The van der Waals surface area contributed by atoms with Crippen molar-refractivity contribution < 1.29 is 14.7 Å². The Morgan fingerprint density at radius 3 is 2.59 bits per heavy atom. The third-order valence-electron chi connectivity index (χ3n) is 7.77. The van der Waals surface area contributed by atoms with E-state index >= 15 is 0 Å². The van der Waals surface area contributed by atoms with Crippen LogP contribution in [0, 0.1) is 12.8 Å². The fourth-order valence-electron chi connectivity index (χ4n) is 5.51. The number of aliphatic carboxylic acids is 1. The second-order valence-corrected chi connectivity index (χ2v) is 12.4. The molecule has 41 heavy (non-hydrogen) atoms. The Morgan fingerprint density at radius 1 is 1.10 bits per heavy atom. The normalized spacial score (nSPS) is 17.2. The SMILES string of the molecule is Cc1cccn2c(=O)c(/C=C3/SC(=S)N(CCCCCC(=O)O)C3=O)c(N3CCC(Cc4ccccc4)CC3)nc12. The lowest BCUT2D eigenvalue weighted by atomic mass is 9.90. The van der Waals surface area contributed by atoms with Crippen molar-refractivity contribution in [3.63, 3.8) is 0 Å². The number of rotatable bonds is 10. The first-order chi connectivity index (χ1) is 19.8. The molecule has 2 aliphatic heterocycles. The van der Waals surface area contributed by atoms with Crippen molar-refractivity contribution in [2.45, 2.75) is 51.9 Å². The van der Waals surface area contributed by atoms with E-state index in [4.69, 9.17) is 22.3 Å². The van der Waals surface area contributed by atoms with Crippen molar-refractivity contribution in [1.82, 2.24) is 14.3 Å². The van der Waals surface area contributed by atoms with Gasteiger partial charge in [-0.15, -0.1) is 0 Å². The number of aryl methyl sites for hydroxylation is 1.